The molecule has 0 spiro atoms. The summed E-state index contributed by atoms with van der Waals surface area (Å²) in [6.45, 7) is 0. The molecule has 29 heavy (non-hydrogen) atoms. The van der Waals surface area contributed by atoms with Crippen molar-refractivity contribution in [2.45, 2.75) is 5.92 Å². The standard InChI is InChI=1S/C24H22O5/c1-27-19-8-6-18(7-9-19)24(20-12-16(14-25)4-10-22(20)28-2)21-13-17(15-26)5-11-23(21)29-3/h4-15,24H,1-3H3. The van der Waals surface area contributed by atoms with Gasteiger partial charge in [0.2, 0.25) is 0 Å². The van der Waals surface area contributed by atoms with Crippen molar-refractivity contribution in [3.63, 3.8) is 0 Å². The molecule has 0 heterocycles. The molecule has 3 aromatic carbocycles. The number of aldehydes is 2. The highest BCUT2D eigenvalue weighted by Gasteiger charge is 2.25. The first-order chi connectivity index (χ1) is 14.1. The Morgan fingerprint density at radius 3 is 1.52 bits per heavy atom. The predicted octanol–water partition coefficient (Wildman–Crippen LogP) is 4.52. The van der Waals surface area contributed by atoms with Gasteiger partial charge in [-0.3, -0.25) is 9.59 Å². The van der Waals surface area contributed by atoms with E-state index in [1.54, 1.807) is 57.7 Å². The lowest BCUT2D eigenvalue weighted by Gasteiger charge is -2.24. The lowest BCUT2D eigenvalue weighted by Crippen LogP contribution is -2.09. The maximum atomic E-state index is 11.4. The van der Waals surface area contributed by atoms with Gasteiger partial charge in [0.1, 0.15) is 29.8 Å². The van der Waals surface area contributed by atoms with Crippen LogP contribution in [0.2, 0.25) is 0 Å². The highest BCUT2D eigenvalue weighted by atomic mass is 16.5. The van der Waals surface area contributed by atoms with E-state index in [1.165, 1.54) is 0 Å². The first kappa shape index (κ1) is 20.1. The van der Waals surface area contributed by atoms with Crippen LogP contribution in [0, 0.1) is 0 Å². The first-order valence-corrected chi connectivity index (χ1v) is 9.05. The maximum Gasteiger partial charge on any atom is 0.150 e. The van der Waals surface area contributed by atoms with Gasteiger partial charge in [0.15, 0.2) is 0 Å². The van der Waals surface area contributed by atoms with E-state index in [9.17, 15) is 9.59 Å². The topological polar surface area (TPSA) is 61.8 Å². The summed E-state index contributed by atoms with van der Waals surface area (Å²) in [6.07, 6.45) is 1.60. The molecule has 148 valence electrons. The minimum Gasteiger partial charge on any atom is -0.497 e. The summed E-state index contributed by atoms with van der Waals surface area (Å²) in [5.41, 5.74) is 3.59. The summed E-state index contributed by atoms with van der Waals surface area (Å²) in [7, 11) is 4.78. The van der Waals surface area contributed by atoms with E-state index in [0.717, 1.165) is 35.0 Å². The van der Waals surface area contributed by atoms with Crippen molar-refractivity contribution >= 4 is 12.6 Å². The van der Waals surface area contributed by atoms with Crippen LogP contribution < -0.4 is 14.2 Å². The fraction of sp³-hybridized carbons (Fsp3) is 0.167. The fourth-order valence-electron chi connectivity index (χ4n) is 3.43. The van der Waals surface area contributed by atoms with Crippen LogP contribution in [0.5, 0.6) is 17.2 Å². The Bertz CT molecular complexity index is 949. The van der Waals surface area contributed by atoms with Crippen molar-refractivity contribution in [3.05, 3.63) is 88.5 Å². The third-order valence-electron chi connectivity index (χ3n) is 4.85. The van der Waals surface area contributed by atoms with E-state index >= 15 is 0 Å². The molecule has 0 aromatic heterocycles. The molecule has 0 fully saturated rings. The van der Waals surface area contributed by atoms with Gasteiger partial charge in [-0.1, -0.05) is 12.1 Å². The van der Waals surface area contributed by atoms with Crippen molar-refractivity contribution in [1.29, 1.82) is 0 Å². The number of methoxy groups -OCH3 is 3. The quantitative estimate of drug-likeness (QED) is 0.418. The van der Waals surface area contributed by atoms with E-state index in [1.807, 2.05) is 24.3 Å². The van der Waals surface area contributed by atoms with Crippen molar-refractivity contribution in [2.75, 3.05) is 21.3 Å². The summed E-state index contributed by atoms with van der Waals surface area (Å²) in [4.78, 5) is 22.9. The zero-order valence-electron chi connectivity index (χ0n) is 16.5. The normalized spacial score (nSPS) is 10.5. The largest absolute Gasteiger partial charge is 0.497 e. The van der Waals surface area contributed by atoms with Crippen LogP contribution in [0.15, 0.2) is 60.7 Å². The van der Waals surface area contributed by atoms with E-state index in [-0.39, 0.29) is 5.92 Å². The molecule has 0 aliphatic heterocycles. The Hall–Kier alpha value is -3.60. The summed E-state index contributed by atoms with van der Waals surface area (Å²) in [5, 5.41) is 0. The predicted molar refractivity (Wildman–Crippen MR) is 111 cm³/mol. The van der Waals surface area contributed by atoms with Gasteiger partial charge in [0, 0.05) is 28.2 Å². The highest BCUT2D eigenvalue weighted by Crippen LogP contribution is 2.42. The monoisotopic (exact) mass is 390 g/mol. The number of benzene rings is 3. The third-order valence-corrected chi connectivity index (χ3v) is 4.85. The average molecular weight is 390 g/mol. The molecule has 0 saturated heterocycles. The third kappa shape index (κ3) is 4.14. The molecule has 0 N–H and O–H groups in total. The van der Waals surface area contributed by atoms with Gasteiger partial charge >= 0.3 is 0 Å². The lowest BCUT2D eigenvalue weighted by molar-refractivity contribution is 0.111. The van der Waals surface area contributed by atoms with Gasteiger partial charge in [-0.25, -0.2) is 0 Å². The van der Waals surface area contributed by atoms with Crippen LogP contribution in [0.1, 0.15) is 43.3 Å². The van der Waals surface area contributed by atoms with Gasteiger partial charge in [0.05, 0.1) is 21.3 Å². The molecular formula is C24H22O5. The fourth-order valence-corrected chi connectivity index (χ4v) is 3.43. The minimum absolute atomic E-state index is 0.328. The second-order valence-corrected chi connectivity index (χ2v) is 6.44. The Morgan fingerprint density at radius 2 is 1.14 bits per heavy atom. The Labute approximate surface area is 169 Å². The first-order valence-electron chi connectivity index (χ1n) is 9.05. The van der Waals surface area contributed by atoms with E-state index < -0.39 is 0 Å². The highest BCUT2D eigenvalue weighted by molar-refractivity contribution is 5.78. The van der Waals surface area contributed by atoms with Crippen LogP contribution in [-0.4, -0.2) is 33.9 Å². The van der Waals surface area contributed by atoms with Crippen molar-refractivity contribution in [2.24, 2.45) is 0 Å². The molecule has 0 saturated carbocycles. The number of hydrogen-bond acceptors (Lipinski definition) is 5. The number of hydrogen-bond donors (Lipinski definition) is 0. The molecule has 0 bridgehead atoms. The molecule has 0 aliphatic rings. The molecule has 0 aliphatic carbocycles. The lowest BCUT2D eigenvalue weighted by atomic mass is 9.83. The SMILES string of the molecule is COc1ccc(C(c2cc(C=O)ccc2OC)c2cc(C=O)ccc2OC)cc1. The number of ether oxygens (including phenoxy) is 3. The second-order valence-electron chi connectivity index (χ2n) is 6.44. The summed E-state index contributed by atoms with van der Waals surface area (Å²) < 4.78 is 16.5. The molecule has 0 atom stereocenters. The van der Waals surface area contributed by atoms with Gasteiger partial charge < -0.3 is 14.2 Å². The second kappa shape index (κ2) is 9.06. The van der Waals surface area contributed by atoms with Crippen molar-refractivity contribution < 1.29 is 23.8 Å². The van der Waals surface area contributed by atoms with Crippen LogP contribution in [0.3, 0.4) is 0 Å². The molecule has 3 aromatic rings. The van der Waals surface area contributed by atoms with Crippen LogP contribution in [-0.2, 0) is 0 Å². The molecule has 5 nitrogen and oxygen atoms in total. The minimum atomic E-state index is -0.328. The maximum absolute atomic E-state index is 11.4. The van der Waals surface area contributed by atoms with E-state index in [0.29, 0.717) is 22.6 Å². The molecule has 5 heteroatoms. The molecule has 0 amide bonds. The van der Waals surface area contributed by atoms with Crippen LogP contribution in [0.25, 0.3) is 0 Å². The zero-order chi connectivity index (χ0) is 20.8. The Balaban J connectivity index is 2.31. The zero-order valence-corrected chi connectivity index (χ0v) is 16.5. The van der Waals surface area contributed by atoms with Gasteiger partial charge in [0.25, 0.3) is 0 Å². The number of rotatable bonds is 8. The number of carbonyl (C=O) groups is 2. The average Bonchev–Trinajstić information content (AvgIpc) is 2.79. The summed E-state index contributed by atoms with van der Waals surface area (Å²) >= 11 is 0. The van der Waals surface area contributed by atoms with Gasteiger partial charge in [-0.2, -0.15) is 0 Å². The molecular weight excluding hydrogens is 368 g/mol. The smallest absolute Gasteiger partial charge is 0.150 e. The molecule has 3 rings (SSSR count). The van der Waals surface area contributed by atoms with Gasteiger partial charge in [-0.05, 0) is 54.1 Å². The summed E-state index contributed by atoms with van der Waals surface area (Å²) in [5.74, 6) is 1.67. The summed E-state index contributed by atoms with van der Waals surface area (Å²) in [6, 6.07) is 18.2. The van der Waals surface area contributed by atoms with Gasteiger partial charge in [-0.15, -0.1) is 0 Å². The Morgan fingerprint density at radius 1 is 0.655 bits per heavy atom. The van der Waals surface area contributed by atoms with Crippen LogP contribution >= 0.6 is 0 Å². The van der Waals surface area contributed by atoms with Crippen molar-refractivity contribution in [3.8, 4) is 17.2 Å². The Kier molecular flexibility index (Phi) is 6.29. The molecule has 0 unspecified atom stereocenters. The van der Waals surface area contributed by atoms with E-state index in [2.05, 4.69) is 0 Å². The van der Waals surface area contributed by atoms with Crippen molar-refractivity contribution in [1.82, 2.24) is 0 Å². The van der Waals surface area contributed by atoms with E-state index in [4.69, 9.17) is 14.2 Å². The van der Waals surface area contributed by atoms with Crippen LogP contribution in [0.4, 0.5) is 0 Å². The number of carbonyl (C=O) groups excluding carboxylic acids is 2. The molecule has 0 radical (unpaired) electrons.